The molecule has 2 heterocycles. The normalized spacial score (nSPS) is 15.9. The highest BCUT2D eigenvalue weighted by molar-refractivity contribution is 5.88. The highest BCUT2D eigenvalue weighted by Crippen LogP contribution is 2.24. The Balaban J connectivity index is 1.64. The number of rotatable bonds is 7. The van der Waals surface area contributed by atoms with Crippen molar-refractivity contribution in [2.45, 2.75) is 26.5 Å². The minimum absolute atomic E-state index is 0.0537. The van der Waals surface area contributed by atoms with Crippen LogP contribution in [0.2, 0.25) is 0 Å². The molecule has 1 aromatic carbocycles. The van der Waals surface area contributed by atoms with Crippen LogP contribution in [-0.4, -0.2) is 36.2 Å². The van der Waals surface area contributed by atoms with Crippen molar-refractivity contribution in [2.75, 3.05) is 18.0 Å². The fourth-order valence-corrected chi connectivity index (χ4v) is 2.86. The minimum Gasteiger partial charge on any atom is -0.442 e. The molecule has 1 aromatic heterocycles. The summed E-state index contributed by atoms with van der Waals surface area (Å²) < 4.78 is 5.36. The van der Waals surface area contributed by atoms with Crippen molar-refractivity contribution < 1.29 is 14.3 Å². The van der Waals surface area contributed by atoms with E-state index in [1.54, 1.807) is 6.20 Å². The molecule has 1 fully saturated rings. The molecule has 146 valence electrons. The van der Waals surface area contributed by atoms with Gasteiger partial charge in [-0.3, -0.25) is 9.69 Å². The first kappa shape index (κ1) is 19.4. The zero-order valence-corrected chi connectivity index (χ0v) is 16.1. The SMILES string of the molecule is C=C(C)NC[C@H]1CN(c2ccc(-c3ccc(CNC(C)=O)cc3)cn2)C(=O)O1. The Labute approximate surface area is 164 Å². The van der Waals surface area contributed by atoms with E-state index in [0.717, 1.165) is 22.4 Å². The molecule has 2 N–H and O–H groups in total. The number of benzene rings is 1. The molecule has 0 bridgehead atoms. The Hall–Kier alpha value is -3.35. The Morgan fingerprint density at radius 2 is 1.89 bits per heavy atom. The third kappa shape index (κ3) is 4.88. The van der Waals surface area contributed by atoms with Gasteiger partial charge in [-0.05, 0) is 30.2 Å². The van der Waals surface area contributed by atoms with Crippen molar-refractivity contribution in [3.63, 3.8) is 0 Å². The molecule has 1 atom stereocenters. The topological polar surface area (TPSA) is 83.6 Å². The molecule has 2 amide bonds. The van der Waals surface area contributed by atoms with Crippen LogP contribution in [0.3, 0.4) is 0 Å². The smallest absolute Gasteiger partial charge is 0.416 e. The Morgan fingerprint density at radius 3 is 2.50 bits per heavy atom. The van der Waals surface area contributed by atoms with Gasteiger partial charge in [0.05, 0.1) is 13.1 Å². The number of aromatic nitrogens is 1. The van der Waals surface area contributed by atoms with Gasteiger partial charge in [0, 0.05) is 30.9 Å². The van der Waals surface area contributed by atoms with Gasteiger partial charge in [-0.2, -0.15) is 0 Å². The molecule has 3 rings (SSSR count). The quantitative estimate of drug-likeness (QED) is 0.772. The first-order chi connectivity index (χ1) is 13.4. The van der Waals surface area contributed by atoms with E-state index in [9.17, 15) is 9.59 Å². The van der Waals surface area contributed by atoms with Gasteiger partial charge >= 0.3 is 6.09 Å². The summed E-state index contributed by atoms with van der Waals surface area (Å²) in [5.41, 5.74) is 3.82. The van der Waals surface area contributed by atoms with Crippen LogP contribution in [0, 0.1) is 0 Å². The number of ether oxygens (including phenoxy) is 1. The average Bonchev–Trinajstić information content (AvgIpc) is 3.06. The van der Waals surface area contributed by atoms with Crippen molar-refractivity contribution in [1.29, 1.82) is 0 Å². The summed E-state index contributed by atoms with van der Waals surface area (Å²) in [4.78, 5) is 29.1. The second-order valence-electron chi connectivity index (χ2n) is 6.79. The molecule has 1 aliphatic rings. The molecule has 0 saturated carbocycles. The Kier molecular flexibility index (Phi) is 5.93. The number of allylic oxidation sites excluding steroid dienone is 1. The zero-order valence-electron chi connectivity index (χ0n) is 16.1. The molecule has 0 radical (unpaired) electrons. The summed E-state index contributed by atoms with van der Waals surface area (Å²) in [6.07, 6.45) is 1.11. The summed E-state index contributed by atoms with van der Waals surface area (Å²) >= 11 is 0. The lowest BCUT2D eigenvalue weighted by atomic mass is 10.1. The van der Waals surface area contributed by atoms with E-state index in [0.29, 0.717) is 25.5 Å². The summed E-state index contributed by atoms with van der Waals surface area (Å²) in [7, 11) is 0. The van der Waals surface area contributed by atoms with Gasteiger partial charge in [-0.15, -0.1) is 0 Å². The van der Waals surface area contributed by atoms with Crippen molar-refractivity contribution in [1.82, 2.24) is 15.6 Å². The van der Waals surface area contributed by atoms with Crippen molar-refractivity contribution in [3.8, 4) is 11.1 Å². The van der Waals surface area contributed by atoms with E-state index < -0.39 is 6.09 Å². The molecule has 0 unspecified atom stereocenters. The summed E-state index contributed by atoms with van der Waals surface area (Å²) in [6.45, 7) is 8.62. The van der Waals surface area contributed by atoms with E-state index in [-0.39, 0.29) is 12.0 Å². The van der Waals surface area contributed by atoms with Crippen molar-refractivity contribution in [3.05, 3.63) is 60.4 Å². The van der Waals surface area contributed by atoms with Crippen LogP contribution in [0.5, 0.6) is 0 Å². The Bertz CT molecular complexity index is 862. The van der Waals surface area contributed by atoms with Gasteiger partial charge in [0.15, 0.2) is 0 Å². The van der Waals surface area contributed by atoms with Crippen LogP contribution in [0.25, 0.3) is 11.1 Å². The lowest BCUT2D eigenvalue weighted by Gasteiger charge is -2.13. The number of nitrogens with zero attached hydrogens (tertiary/aromatic N) is 2. The molecule has 0 aliphatic carbocycles. The minimum atomic E-state index is -0.393. The van der Waals surface area contributed by atoms with E-state index in [1.807, 2.05) is 43.3 Å². The second kappa shape index (κ2) is 8.56. The first-order valence-electron chi connectivity index (χ1n) is 9.09. The van der Waals surface area contributed by atoms with Gasteiger partial charge < -0.3 is 15.4 Å². The predicted octanol–water partition coefficient (Wildman–Crippen LogP) is 2.83. The number of carbonyl (C=O) groups excluding carboxylic acids is 2. The third-order valence-corrected chi connectivity index (χ3v) is 4.36. The monoisotopic (exact) mass is 380 g/mol. The second-order valence-corrected chi connectivity index (χ2v) is 6.79. The highest BCUT2D eigenvalue weighted by Gasteiger charge is 2.32. The maximum Gasteiger partial charge on any atom is 0.416 e. The molecule has 0 spiro atoms. The number of pyridine rings is 1. The van der Waals surface area contributed by atoms with Crippen LogP contribution in [0.1, 0.15) is 19.4 Å². The number of anilines is 1. The van der Waals surface area contributed by atoms with Crippen LogP contribution < -0.4 is 15.5 Å². The van der Waals surface area contributed by atoms with Crippen molar-refractivity contribution >= 4 is 17.8 Å². The van der Waals surface area contributed by atoms with E-state index in [2.05, 4.69) is 22.2 Å². The summed E-state index contributed by atoms with van der Waals surface area (Å²) in [5.74, 6) is 0.510. The summed E-state index contributed by atoms with van der Waals surface area (Å²) in [6, 6.07) is 11.6. The maximum absolute atomic E-state index is 12.1. The van der Waals surface area contributed by atoms with Crippen LogP contribution >= 0.6 is 0 Å². The van der Waals surface area contributed by atoms with Gasteiger partial charge in [0.2, 0.25) is 5.91 Å². The van der Waals surface area contributed by atoms with Crippen LogP contribution in [0.15, 0.2) is 54.9 Å². The standard InChI is InChI=1S/C21H24N4O3/c1-14(2)22-12-19-13-25(21(27)28-19)20-9-8-18(11-24-20)17-6-4-16(5-7-17)10-23-15(3)26/h4-9,11,19,22H,1,10,12-13H2,2-3H3,(H,23,26)/t19-/m0/s1. The van der Waals surface area contributed by atoms with Crippen molar-refractivity contribution in [2.24, 2.45) is 0 Å². The maximum atomic E-state index is 12.1. The van der Waals surface area contributed by atoms with Gasteiger partial charge in [-0.25, -0.2) is 9.78 Å². The molecule has 7 nitrogen and oxygen atoms in total. The lowest BCUT2D eigenvalue weighted by Crippen LogP contribution is -2.30. The number of hydrogen-bond donors (Lipinski definition) is 2. The molecule has 1 saturated heterocycles. The Morgan fingerprint density at radius 1 is 1.18 bits per heavy atom. The number of carbonyl (C=O) groups is 2. The van der Waals surface area contributed by atoms with Gasteiger partial charge in [0.25, 0.3) is 0 Å². The third-order valence-electron chi connectivity index (χ3n) is 4.36. The number of amides is 2. The molecular weight excluding hydrogens is 356 g/mol. The zero-order chi connectivity index (χ0) is 20.1. The molecule has 28 heavy (non-hydrogen) atoms. The van der Waals surface area contributed by atoms with E-state index >= 15 is 0 Å². The van der Waals surface area contributed by atoms with Crippen LogP contribution in [0.4, 0.5) is 10.6 Å². The summed E-state index contributed by atoms with van der Waals surface area (Å²) in [5, 5.41) is 5.86. The van der Waals surface area contributed by atoms with Gasteiger partial charge in [0.1, 0.15) is 11.9 Å². The fourth-order valence-electron chi connectivity index (χ4n) is 2.86. The molecule has 7 heteroatoms. The molecular formula is C21H24N4O3. The number of cyclic esters (lactones) is 1. The van der Waals surface area contributed by atoms with E-state index in [1.165, 1.54) is 11.8 Å². The van der Waals surface area contributed by atoms with E-state index in [4.69, 9.17) is 4.74 Å². The van der Waals surface area contributed by atoms with Gasteiger partial charge in [-0.1, -0.05) is 30.8 Å². The average molecular weight is 380 g/mol. The molecule has 1 aliphatic heterocycles. The largest absolute Gasteiger partial charge is 0.442 e. The predicted molar refractivity (Wildman–Crippen MR) is 108 cm³/mol. The lowest BCUT2D eigenvalue weighted by molar-refractivity contribution is -0.119. The number of nitrogens with one attached hydrogen (secondary N) is 2. The van der Waals surface area contributed by atoms with Crippen LogP contribution in [-0.2, 0) is 16.1 Å². The number of hydrogen-bond acceptors (Lipinski definition) is 5. The fraction of sp³-hybridized carbons (Fsp3) is 0.286. The highest BCUT2D eigenvalue weighted by atomic mass is 16.6. The molecule has 2 aromatic rings. The first-order valence-corrected chi connectivity index (χ1v) is 9.09.